The highest BCUT2D eigenvalue weighted by Gasteiger charge is 2.40. The van der Waals surface area contributed by atoms with E-state index in [-0.39, 0.29) is 5.41 Å². The van der Waals surface area contributed by atoms with Gasteiger partial charge in [-0.15, -0.1) is 0 Å². The van der Waals surface area contributed by atoms with Crippen LogP contribution in [0.1, 0.15) is 37.8 Å². The highest BCUT2D eigenvalue weighted by atomic mass is 79.9. The van der Waals surface area contributed by atoms with Gasteiger partial charge in [-0.05, 0) is 95.8 Å². The number of fused-ring (bicyclic) bond motifs is 9. The van der Waals surface area contributed by atoms with Gasteiger partial charge in [0.05, 0.1) is 11.0 Å². The van der Waals surface area contributed by atoms with E-state index in [1.807, 2.05) is 0 Å². The van der Waals surface area contributed by atoms with Crippen LogP contribution in [-0.2, 0) is 5.41 Å². The fourth-order valence-electron chi connectivity index (χ4n) is 7.64. The van der Waals surface area contributed by atoms with E-state index in [9.17, 15) is 0 Å². The summed E-state index contributed by atoms with van der Waals surface area (Å²) in [5.41, 5.74) is 11.9. The molecule has 6 aromatic carbocycles. The number of rotatable bonds is 3. The molecule has 0 saturated heterocycles. The van der Waals surface area contributed by atoms with Crippen LogP contribution in [0.15, 0.2) is 136 Å². The van der Waals surface area contributed by atoms with Gasteiger partial charge in [0.25, 0.3) is 0 Å². The van der Waals surface area contributed by atoms with E-state index in [0.29, 0.717) is 0 Å². The zero-order valence-corrected chi connectivity index (χ0v) is 28.4. The highest BCUT2D eigenvalue weighted by Crippen LogP contribution is 2.53. The molecule has 0 unspecified atom stereocenters. The average Bonchev–Trinajstić information content (AvgIpc) is 3.70. The lowest BCUT2D eigenvalue weighted by Gasteiger charge is -2.30. The van der Waals surface area contributed by atoms with E-state index < -0.39 is 0 Å². The van der Waals surface area contributed by atoms with Gasteiger partial charge in [-0.25, -0.2) is 0 Å². The van der Waals surface area contributed by atoms with Crippen LogP contribution in [0.4, 0.5) is 0 Å². The Balaban J connectivity index is 0.000000192. The summed E-state index contributed by atoms with van der Waals surface area (Å²) < 4.78 is 4.62. The summed E-state index contributed by atoms with van der Waals surface area (Å²) in [6, 6.07) is 46.0. The first-order chi connectivity index (χ1) is 22.0. The van der Waals surface area contributed by atoms with Crippen molar-refractivity contribution in [2.45, 2.75) is 32.1 Å². The Morgan fingerprint density at radius 2 is 1.07 bits per heavy atom. The molecule has 0 radical (unpaired) electrons. The lowest BCUT2D eigenvalue weighted by molar-refractivity contribution is 0.490. The van der Waals surface area contributed by atoms with Crippen molar-refractivity contribution >= 4 is 75.5 Å². The summed E-state index contributed by atoms with van der Waals surface area (Å²) in [5, 5.41) is 5.13. The van der Waals surface area contributed by atoms with Crippen molar-refractivity contribution in [2.75, 3.05) is 0 Å². The molecule has 0 spiro atoms. The molecule has 0 bridgehead atoms. The molecule has 4 heteroatoms. The minimum atomic E-state index is 0.0761. The molecule has 0 aliphatic heterocycles. The molecule has 8 aromatic rings. The van der Waals surface area contributed by atoms with Crippen LogP contribution >= 0.6 is 31.9 Å². The molecule has 0 saturated carbocycles. The lowest BCUT2D eigenvalue weighted by atomic mass is 9.74. The number of nitrogens with zero attached hydrogens (tertiary/aromatic N) is 1. The van der Waals surface area contributed by atoms with Gasteiger partial charge in [-0.2, -0.15) is 0 Å². The maximum absolute atomic E-state index is 3.67. The Morgan fingerprint density at radius 3 is 1.67 bits per heavy atom. The van der Waals surface area contributed by atoms with Crippen molar-refractivity contribution in [1.29, 1.82) is 0 Å². The highest BCUT2D eigenvalue weighted by molar-refractivity contribution is 9.10. The lowest BCUT2D eigenvalue weighted by Crippen LogP contribution is -2.23. The number of aromatic nitrogens is 2. The van der Waals surface area contributed by atoms with Crippen LogP contribution in [-0.4, -0.2) is 9.55 Å². The SMILES string of the molecule is CCC1(CC)c2ccccc2-c2ccc(-n3c4ccc(Br)cc4c4cc(Br)ccc43)cc21.c1ccc2c(c1)[nH]c1ccccc12. The molecule has 220 valence electrons. The van der Waals surface area contributed by atoms with Gasteiger partial charge in [0.2, 0.25) is 0 Å². The standard InChI is InChI=1S/C29H23Br2N.C12H9N/c1-3-29(4-2)25-8-6-5-7-21(25)22-12-11-20(17-26(22)29)32-27-13-9-18(30)15-23(27)24-16-19(31)10-14-28(24)32;1-3-7-11-9(5-1)10-6-2-4-8-12(10)13-11/h5-17H,3-4H2,1-2H3;1-8,13H. The molecule has 9 rings (SSSR count). The Hall–Kier alpha value is -4.12. The van der Waals surface area contributed by atoms with Gasteiger partial charge in [0.1, 0.15) is 0 Å². The smallest absolute Gasteiger partial charge is 0.0541 e. The molecule has 2 nitrogen and oxygen atoms in total. The van der Waals surface area contributed by atoms with E-state index in [0.717, 1.165) is 21.8 Å². The molecule has 2 heterocycles. The van der Waals surface area contributed by atoms with Gasteiger partial charge >= 0.3 is 0 Å². The minimum Gasteiger partial charge on any atom is -0.355 e. The van der Waals surface area contributed by atoms with Gasteiger partial charge in [-0.3, -0.25) is 0 Å². The van der Waals surface area contributed by atoms with Crippen LogP contribution in [0.5, 0.6) is 0 Å². The molecule has 0 amide bonds. The molecule has 0 fully saturated rings. The number of H-pyrrole nitrogens is 1. The summed E-state index contributed by atoms with van der Waals surface area (Å²) in [4.78, 5) is 3.38. The van der Waals surface area contributed by atoms with Gasteiger partial charge in [0, 0.05) is 52.6 Å². The van der Waals surface area contributed by atoms with Crippen molar-refractivity contribution in [3.63, 3.8) is 0 Å². The number of benzene rings is 6. The first kappa shape index (κ1) is 28.4. The first-order valence-electron chi connectivity index (χ1n) is 15.6. The van der Waals surface area contributed by atoms with E-state index in [1.165, 1.54) is 71.6 Å². The van der Waals surface area contributed by atoms with Crippen molar-refractivity contribution in [2.24, 2.45) is 0 Å². The second kappa shape index (κ2) is 11.0. The summed E-state index contributed by atoms with van der Waals surface area (Å²) in [7, 11) is 0. The van der Waals surface area contributed by atoms with Crippen LogP contribution in [0.25, 0.3) is 60.4 Å². The summed E-state index contributed by atoms with van der Waals surface area (Å²) >= 11 is 7.34. The normalized spacial score (nSPS) is 13.2. The van der Waals surface area contributed by atoms with E-state index in [2.05, 4.69) is 183 Å². The summed E-state index contributed by atoms with van der Waals surface area (Å²) in [6.45, 7) is 4.66. The second-order valence-electron chi connectivity index (χ2n) is 11.9. The van der Waals surface area contributed by atoms with Gasteiger partial charge in [-0.1, -0.05) is 112 Å². The first-order valence-corrected chi connectivity index (χ1v) is 17.2. The third-order valence-electron chi connectivity index (χ3n) is 9.82. The monoisotopic (exact) mass is 710 g/mol. The number of nitrogens with one attached hydrogen (secondary N) is 1. The molecule has 1 aliphatic rings. The average molecular weight is 713 g/mol. The number of hydrogen-bond donors (Lipinski definition) is 1. The second-order valence-corrected chi connectivity index (χ2v) is 13.8. The maximum Gasteiger partial charge on any atom is 0.0541 e. The fraction of sp³-hybridized carbons (Fsp3) is 0.122. The number of para-hydroxylation sites is 2. The molecule has 45 heavy (non-hydrogen) atoms. The van der Waals surface area contributed by atoms with E-state index in [4.69, 9.17) is 0 Å². The fourth-order valence-corrected chi connectivity index (χ4v) is 8.36. The van der Waals surface area contributed by atoms with Gasteiger partial charge < -0.3 is 9.55 Å². The van der Waals surface area contributed by atoms with Crippen LogP contribution in [0.2, 0.25) is 0 Å². The zero-order chi connectivity index (χ0) is 30.7. The third kappa shape index (κ3) is 4.41. The zero-order valence-electron chi connectivity index (χ0n) is 25.2. The van der Waals surface area contributed by atoms with Gasteiger partial charge in [0.15, 0.2) is 0 Å². The van der Waals surface area contributed by atoms with Crippen molar-refractivity contribution < 1.29 is 0 Å². The minimum absolute atomic E-state index is 0.0761. The quantitative estimate of drug-likeness (QED) is 0.188. The molecule has 1 aliphatic carbocycles. The number of hydrogen-bond acceptors (Lipinski definition) is 0. The molecular weight excluding hydrogens is 680 g/mol. The Bertz CT molecular complexity index is 2280. The van der Waals surface area contributed by atoms with E-state index >= 15 is 0 Å². The van der Waals surface area contributed by atoms with Crippen LogP contribution < -0.4 is 0 Å². The Morgan fingerprint density at radius 1 is 0.533 bits per heavy atom. The third-order valence-corrected chi connectivity index (χ3v) is 10.8. The Kier molecular flexibility index (Phi) is 6.96. The predicted octanol–water partition coefficient (Wildman–Crippen LogP) is 12.7. The summed E-state index contributed by atoms with van der Waals surface area (Å²) in [6.07, 6.45) is 2.20. The summed E-state index contributed by atoms with van der Waals surface area (Å²) in [5.74, 6) is 0. The number of aromatic amines is 1. The van der Waals surface area contributed by atoms with Crippen molar-refractivity contribution in [3.05, 3.63) is 147 Å². The number of halogens is 2. The van der Waals surface area contributed by atoms with Crippen LogP contribution in [0, 0.1) is 0 Å². The van der Waals surface area contributed by atoms with Crippen molar-refractivity contribution in [1.82, 2.24) is 9.55 Å². The van der Waals surface area contributed by atoms with E-state index in [1.54, 1.807) is 0 Å². The predicted molar refractivity (Wildman–Crippen MR) is 199 cm³/mol. The Labute approximate surface area is 280 Å². The largest absolute Gasteiger partial charge is 0.355 e. The molecule has 1 N–H and O–H groups in total. The molecular formula is C41H32Br2N2. The van der Waals surface area contributed by atoms with Crippen molar-refractivity contribution in [3.8, 4) is 16.8 Å². The molecule has 0 atom stereocenters. The topological polar surface area (TPSA) is 20.7 Å². The molecule has 2 aromatic heterocycles. The maximum atomic E-state index is 3.67. The van der Waals surface area contributed by atoms with Crippen LogP contribution in [0.3, 0.4) is 0 Å².